The van der Waals surface area contributed by atoms with Crippen molar-refractivity contribution in [2.75, 3.05) is 19.8 Å². The molecule has 1 aromatic carbocycles. The molecule has 1 amide bonds. The van der Waals surface area contributed by atoms with E-state index in [0.717, 1.165) is 24.8 Å². The predicted octanol–water partition coefficient (Wildman–Crippen LogP) is 3.24. The molecule has 5 heteroatoms. The summed E-state index contributed by atoms with van der Waals surface area (Å²) in [4.78, 5) is 12.1. The quantitative estimate of drug-likeness (QED) is 0.945. The number of furan rings is 1. The van der Waals surface area contributed by atoms with Crippen molar-refractivity contribution in [3.63, 3.8) is 0 Å². The first-order chi connectivity index (χ1) is 9.74. The SMILES string of the molecule is O=C(NCC1CCCOC1)c1cc2cccc(Cl)c2o1. The fourth-order valence-electron chi connectivity index (χ4n) is 2.43. The number of carbonyl (C=O) groups is 1. The summed E-state index contributed by atoms with van der Waals surface area (Å²) in [7, 11) is 0. The molecule has 0 radical (unpaired) electrons. The summed E-state index contributed by atoms with van der Waals surface area (Å²) in [5.74, 6) is 0.480. The van der Waals surface area contributed by atoms with Crippen LogP contribution in [-0.2, 0) is 4.74 Å². The molecule has 0 bridgehead atoms. The highest BCUT2D eigenvalue weighted by atomic mass is 35.5. The summed E-state index contributed by atoms with van der Waals surface area (Å²) in [6, 6.07) is 7.17. The van der Waals surface area contributed by atoms with Crippen LogP contribution in [0.3, 0.4) is 0 Å². The van der Waals surface area contributed by atoms with Gasteiger partial charge in [-0.05, 0) is 30.9 Å². The molecule has 106 valence electrons. The zero-order valence-corrected chi connectivity index (χ0v) is 11.8. The second-order valence-corrected chi connectivity index (χ2v) is 5.47. The molecule has 3 rings (SSSR count). The Morgan fingerprint density at radius 3 is 3.10 bits per heavy atom. The summed E-state index contributed by atoms with van der Waals surface area (Å²) in [5, 5.41) is 4.25. The van der Waals surface area contributed by atoms with E-state index in [4.69, 9.17) is 20.8 Å². The van der Waals surface area contributed by atoms with Crippen molar-refractivity contribution in [1.82, 2.24) is 5.32 Å². The topological polar surface area (TPSA) is 51.5 Å². The van der Waals surface area contributed by atoms with Gasteiger partial charge in [0.05, 0.1) is 11.6 Å². The Bertz CT molecular complexity index is 617. The highest BCUT2D eigenvalue weighted by molar-refractivity contribution is 6.34. The second kappa shape index (κ2) is 5.85. The van der Waals surface area contributed by atoms with Crippen LogP contribution in [0, 0.1) is 5.92 Å². The number of hydrogen-bond acceptors (Lipinski definition) is 3. The number of halogens is 1. The van der Waals surface area contributed by atoms with E-state index < -0.39 is 0 Å². The lowest BCUT2D eigenvalue weighted by Crippen LogP contribution is -2.33. The summed E-state index contributed by atoms with van der Waals surface area (Å²) in [6.07, 6.45) is 2.15. The molecule has 1 unspecified atom stereocenters. The lowest BCUT2D eigenvalue weighted by Gasteiger charge is -2.21. The molecule has 0 spiro atoms. The maximum Gasteiger partial charge on any atom is 0.287 e. The maximum atomic E-state index is 12.1. The maximum absolute atomic E-state index is 12.1. The average molecular weight is 294 g/mol. The first-order valence-corrected chi connectivity index (χ1v) is 7.16. The predicted molar refractivity (Wildman–Crippen MR) is 77.1 cm³/mol. The fourth-order valence-corrected chi connectivity index (χ4v) is 2.65. The van der Waals surface area contributed by atoms with Gasteiger partial charge in [0, 0.05) is 18.5 Å². The number of ether oxygens (including phenoxy) is 1. The zero-order valence-electron chi connectivity index (χ0n) is 11.0. The molecule has 1 aliphatic heterocycles. The first-order valence-electron chi connectivity index (χ1n) is 6.78. The van der Waals surface area contributed by atoms with Gasteiger partial charge in [0.15, 0.2) is 11.3 Å². The van der Waals surface area contributed by atoms with Crippen LogP contribution < -0.4 is 5.32 Å². The number of para-hydroxylation sites is 1. The molecular formula is C15H16ClNO3. The third-order valence-electron chi connectivity index (χ3n) is 3.53. The van der Waals surface area contributed by atoms with E-state index in [-0.39, 0.29) is 5.91 Å². The highest BCUT2D eigenvalue weighted by Crippen LogP contribution is 2.26. The molecule has 1 N–H and O–H groups in total. The Hall–Kier alpha value is -1.52. The minimum Gasteiger partial charge on any atom is -0.449 e. The molecule has 0 aliphatic carbocycles. The first kappa shape index (κ1) is 13.5. The van der Waals surface area contributed by atoms with Gasteiger partial charge in [0.1, 0.15) is 0 Å². The number of benzene rings is 1. The Labute approximate surface area is 122 Å². The molecule has 4 nitrogen and oxygen atoms in total. The molecule has 2 aromatic rings. The van der Waals surface area contributed by atoms with Crippen molar-refractivity contribution < 1.29 is 13.9 Å². The van der Waals surface area contributed by atoms with Gasteiger partial charge in [0.25, 0.3) is 5.91 Å². The van der Waals surface area contributed by atoms with Gasteiger partial charge in [-0.3, -0.25) is 4.79 Å². The summed E-state index contributed by atoms with van der Waals surface area (Å²) in [5.41, 5.74) is 0.556. The largest absolute Gasteiger partial charge is 0.449 e. The fraction of sp³-hybridized carbons (Fsp3) is 0.400. The smallest absolute Gasteiger partial charge is 0.287 e. The van der Waals surface area contributed by atoms with Gasteiger partial charge >= 0.3 is 0 Å². The summed E-state index contributed by atoms with van der Waals surface area (Å²) >= 11 is 6.03. The van der Waals surface area contributed by atoms with E-state index in [1.165, 1.54) is 0 Å². The van der Waals surface area contributed by atoms with Gasteiger partial charge in [0.2, 0.25) is 0 Å². The second-order valence-electron chi connectivity index (χ2n) is 5.06. The standard InChI is InChI=1S/C15H16ClNO3/c16-12-5-1-4-11-7-13(20-14(11)12)15(18)17-8-10-3-2-6-19-9-10/h1,4-5,7,10H,2-3,6,8-9H2,(H,17,18). The molecule has 1 atom stereocenters. The van der Waals surface area contributed by atoms with Gasteiger partial charge in [-0.1, -0.05) is 23.7 Å². The average Bonchev–Trinajstić information content (AvgIpc) is 2.91. The number of fused-ring (bicyclic) bond motifs is 1. The van der Waals surface area contributed by atoms with E-state index in [1.807, 2.05) is 12.1 Å². The van der Waals surface area contributed by atoms with Gasteiger partial charge in [-0.25, -0.2) is 0 Å². The van der Waals surface area contributed by atoms with Crippen LogP contribution in [0.4, 0.5) is 0 Å². The van der Waals surface area contributed by atoms with Crippen molar-refractivity contribution in [1.29, 1.82) is 0 Å². The van der Waals surface area contributed by atoms with Crippen LogP contribution >= 0.6 is 11.6 Å². The molecule has 0 saturated carbocycles. The Balaban J connectivity index is 1.67. The van der Waals surface area contributed by atoms with Gasteiger partial charge in [-0.15, -0.1) is 0 Å². The van der Waals surface area contributed by atoms with Gasteiger partial charge < -0.3 is 14.5 Å². The molecular weight excluding hydrogens is 278 g/mol. The third-order valence-corrected chi connectivity index (χ3v) is 3.82. The molecule has 2 heterocycles. The van der Waals surface area contributed by atoms with Crippen molar-refractivity contribution in [2.24, 2.45) is 5.92 Å². The van der Waals surface area contributed by atoms with Crippen molar-refractivity contribution in [2.45, 2.75) is 12.8 Å². The van der Waals surface area contributed by atoms with E-state index in [1.54, 1.807) is 12.1 Å². The lowest BCUT2D eigenvalue weighted by atomic mass is 10.0. The van der Waals surface area contributed by atoms with Crippen LogP contribution in [0.2, 0.25) is 5.02 Å². The number of carbonyl (C=O) groups excluding carboxylic acids is 1. The molecule has 1 saturated heterocycles. The van der Waals surface area contributed by atoms with Crippen molar-refractivity contribution in [3.8, 4) is 0 Å². The lowest BCUT2D eigenvalue weighted by molar-refractivity contribution is 0.0533. The molecule has 1 aromatic heterocycles. The van der Waals surface area contributed by atoms with E-state index in [2.05, 4.69) is 5.32 Å². The normalized spacial score (nSPS) is 19.1. The Morgan fingerprint density at radius 2 is 2.35 bits per heavy atom. The Kier molecular flexibility index (Phi) is 3.94. The van der Waals surface area contributed by atoms with E-state index >= 15 is 0 Å². The van der Waals surface area contributed by atoms with Crippen molar-refractivity contribution in [3.05, 3.63) is 35.0 Å². The Morgan fingerprint density at radius 1 is 1.45 bits per heavy atom. The number of rotatable bonds is 3. The van der Waals surface area contributed by atoms with E-state index in [9.17, 15) is 4.79 Å². The van der Waals surface area contributed by atoms with Crippen LogP contribution in [0.5, 0.6) is 0 Å². The molecule has 1 fully saturated rings. The third kappa shape index (κ3) is 2.81. The van der Waals surface area contributed by atoms with Crippen molar-refractivity contribution >= 4 is 28.5 Å². The van der Waals surface area contributed by atoms with Crippen LogP contribution in [-0.4, -0.2) is 25.7 Å². The minimum absolute atomic E-state index is 0.206. The highest BCUT2D eigenvalue weighted by Gasteiger charge is 2.17. The number of amides is 1. The minimum atomic E-state index is -0.206. The summed E-state index contributed by atoms with van der Waals surface area (Å²) < 4.78 is 10.9. The zero-order chi connectivity index (χ0) is 13.9. The van der Waals surface area contributed by atoms with Gasteiger partial charge in [-0.2, -0.15) is 0 Å². The monoisotopic (exact) mass is 293 g/mol. The molecule has 20 heavy (non-hydrogen) atoms. The summed E-state index contributed by atoms with van der Waals surface area (Å²) in [6.45, 7) is 2.16. The van der Waals surface area contributed by atoms with Crippen LogP contribution in [0.15, 0.2) is 28.7 Å². The van der Waals surface area contributed by atoms with Crippen LogP contribution in [0.25, 0.3) is 11.0 Å². The number of hydrogen-bond donors (Lipinski definition) is 1. The number of nitrogens with one attached hydrogen (secondary N) is 1. The van der Waals surface area contributed by atoms with E-state index in [0.29, 0.717) is 35.4 Å². The molecule has 1 aliphatic rings. The van der Waals surface area contributed by atoms with Crippen LogP contribution in [0.1, 0.15) is 23.4 Å².